The Morgan fingerprint density at radius 3 is 2.86 bits per heavy atom. The highest BCUT2D eigenvalue weighted by atomic mass is 16.3. The lowest BCUT2D eigenvalue weighted by atomic mass is 10.2. The zero-order valence-electron chi connectivity index (χ0n) is 13.5. The van der Waals surface area contributed by atoms with Gasteiger partial charge in [-0.3, -0.25) is 14.1 Å². The summed E-state index contributed by atoms with van der Waals surface area (Å²) in [4.78, 5) is 19.0. The summed E-state index contributed by atoms with van der Waals surface area (Å²) >= 11 is 0. The van der Waals surface area contributed by atoms with E-state index in [1.54, 1.807) is 16.7 Å². The maximum Gasteiger partial charge on any atom is 0.258 e. The Hall–Kier alpha value is -1.72. The lowest BCUT2D eigenvalue weighted by Gasteiger charge is -2.21. The summed E-state index contributed by atoms with van der Waals surface area (Å²) in [5, 5.41) is 9.21. The van der Waals surface area contributed by atoms with Crippen molar-refractivity contribution in [3.63, 3.8) is 0 Å². The van der Waals surface area contributed by atoms with Gasteiger partial charge in [-0.15, -0.1) is 0 Å². The van der Waals surface area contributed by atoms with Crippen LogP contribution in [0.1, 0.15) is 37.4 Å². The number of aromatic nitrogens is 2. The van der Waals surface area contributed by atoms with Crippen LogP contribution in [0.4, 0.5) is 0 Å². The number of rotatable bonds is 8. The van der Waals surface area contributed by atoms with Crippen LogP contribution in [0.15, 0.2) is 29.2 Å². The van der Waals surface area contributed by atoms with E-state index in [-0.39, 0.29) is 12.2 Å². The first-order valence-electron chi connectivity index (χ1n) is 7.97. The molecule has 0 aliphatic carbocycles. The number of aliphatic hydroxyl groups is 1. The highest BCUT2D eigenvalue weighted by Gasteiger charge is 2.09. The van der Waals surface area contributed by atoms with Crippen molar-refractivity contribution in [3.8, 4) is 0 Å². The van der Waals surface area contributed by atoms with Crippen LogP contribution in [0, 0.1) is 6.92 Å². The van der Waals surface area contributed by atoms with Crippen molar-refractivity contribution in [3.05, 3.63) is 46.0 Å². The molecule has 0 amide bonds. The molecule has 1 N–H and O–H groups in total. The molecule has 0 spiro atoms. The highest BCUT2D eigenvalue weighted by Crippen LogP contribution is 2.08. The SMILES string of the molecule is CCCCCN(CCO)Cc1cc(=O)n2cccc(C)c2n1. The molecular formula is C17H25N3O2. The second-order valence-corrected chi connectivity index (χ2v) is 5.68. The molecular weight excluding hydrogens is 278 g/mol. The molecule has 0 saturated carbocycles. The fraction of sp³-hybridized carbons (Fsp3) is 0.529. The van der Waals surface area contributed by atoms with Gasteiger partial charge in [-0.25, -0.2) is 4.98 Å². The summed E-state index contributed by atoms with van der Waals surface area (Å²) in [6, 6.07) is 5.41. The van der Waals surface area contributed by atoms with Crippen LogP contribution < -0.4 is 5.56 Å². The Morgan fingerprint density at radius 1 is 1.32 bits per heavy atom. The van der Waals surface area contributed by atoms with Crippen LogP contribution in [-0.2, 0) is 6.54 Å². The van der Waals surface area contributed by atoms with Crippen LogP contribution in [0.25, 0.3) is 5.65 Å². The lowest BCUT2D eigenvalue weighted by Crippen LogP contribution is -2.29. The van der Waals surface area contributed by atoms with Crippen molar-refractivity contribution < 1.29 is 5.11 Å². The number of nitrogens with zero attached hydrogens (tertiary/aromatic N) is 3. The standard InChI is InChI=1S/C17H25N3O2/c1-3-4-5-8-19(10-11-21)13-15-12-16(22)20-9-6-7-14(2)17(20)18-15/h6-7,9,12,21H,3-5,8,10-11,13H2,1-2H3. The fourth-order valence-electron chi connectivity index (χ4n) is 2.62. The first kappa shape index (κ1) is 16.6. The zero-order valence-corrected chi connectivity index (χ0v) is 13.5. The fourth-order valence-corrected chi connectivity index (χ4v) is 2.62. The molecule has 0 radical (unpaired) electrons. The summed E-state index contributed by atoms with van der Waals surface area (Å²) in [5.41, 5.74) is 2.41. The summed E-state index contributed by atoms with van der Waals surface area (Å²) in [5.74, 6) is 0. The third-order valence-corrected chi connectivity index (χ3v) is 3.82. The van der Waals surface area contributed by atoms with Crippen molar-refractivity contribution >= 4 is 5.65 Å². The van der Waals surface area contributed by atoms with Gasteiger partial charge in [0, 0.05) is 25.4 Å². The number of hydrogen-bond acceptors (Lipinski definition) is 4. The maximum absolute atomic E-state index is 12.2. The number of fused-ring (bicyclic) bond motifs is 1. The Balaban J connectivity index is 2.21. The quantitative estimate of drug-likeness (QED) is 0.758. The van der Waals surface area contributed by atoms with E-state index in [1.807, 2.05) is 19.1 Å². The molecule has 0 fully saturated rings. The Morgan fingerprint density at radius 2 is 2.14 bits per heavy atom. The van der Waals surface area contributed by atoms with Crippen molar-refractivity contribution in [2.75, 3.05) is 19.7 Å². The van der Waals surface area contributed by atoms with E-state index < -0.39 is 0 Å². The van der Waals surface area contributed by atoms with E-state index in [0.29, 0.717) is 18.7 Å². The number of aryl methyl sites for hydroxylation is 1. The number of unbranched alkanes of at least 4 members (excludes halogenated alkanes) is 2. The highest BCUT2D eigenvalue weighted by molar-refractivity contribution is 5.46. The Labute approximate surface area is 131 Å². The van der Waals surface area contributed by atoms with Gasteiger partial charge >= 0.3 is 0 Å². The molecule has 0 bridgehead atoms. The van der Waals surface area contributed by atoms with Crippen molar-refractivity contribution in [1.29, 1.82) is 0 Å². The molecule has 0 aromatic carbocycles. The van der Waals surface area contributed by atoms with Gasteiger partial charge in [0.1, 0.15) is 5.65 Å². The predicted octanol–water partition coefficient (Wildman–Crippen LogP) is 1.99. The van der Waals surface area contributed by atoms with Gasteiger partial charge in [0.05, 0.1) is 12.3 Å². The molecule has 22 heavy (non-hydrogen) atoms. The van der Waals surface area contributed by atoms with Crippen LogP contribution in [0.5, 0.6) is 0 Å². The molecule has 2 aromatic heterocycles. The average Bonchev–Trinajstić information content (AvgIpc) is 2.49. The second kappa shape index (κ2) is 8.06. The summed E-state index contributed by atoms with van der Waals surface area (Å²) in [6.07, 6.45) is 5.19. The summed E-state index contributed by atoms with van der Waals surface area (Å²) < 4.78 is 1.58. The molecule has 5 heteroatoms. The monoisotopic (exact) mass is 303 g/mol. The molecule has 0 saturated heterocycles. The number of pyridine rings is 1. The summed E-state index contributed by atoms with van der Waals surface area (Å²) in [6.45, 7) is 6.38. The summed E-state index contributed by atoms with van der Waals surface area (Å²) in [7, 11) is 0. The van der Waals surface area contributed by atoms with E-state index >= 15 is 0 Å². The zero-order chi connectivity index (χ0) is 15.9. The molecule has 2 heterocycles. The van der Waals surface area contributed by atoms with Crippen molar-refractivity contribution in [2.24, 2.45) is 0 Å². The first-order valence-corrected chi connectivity index (χ1v) is 7.97. The van der Waals surface area contributed by atoms with Gasteiger partial charge in [-0.2, -0.15) is 0 Å². The third-order valence-electron chi connectivity index (χ3n) is 3.82. The molecule has 0 aliphatic heterocycles. The Bertz CT molecular complexity index is 666. The molecule has 5 nitrogen and oxygen atoms in total. The second-order valence-electron chi connectivity index (χ2n) is 5.68. The average molecular weight is 303 g/mol. The minimum absolute atomic E-state index is 0.0544. The topological polar surface area (TPSA) is 57.8 Å². The van der Waals surface area contributed by atoms with Crippen LogP contribution in [-0.4, -0.2) is 39.1 Å². The van der Waals surface area contributed by atoms with Gasteiger partial charge in [0.2, 0.25) is 0 Å². The van der Waals surface area contributed by atoms with Gasteiger partial charge < -0.3 is 5.11 Å². The molecule has 2 aromatic rings. The molecule has 2 rings (SSSR count). The number of aliphatic hydroxyl groups excluding tert-OH is 1. The first-order chi connectivity index (χ1) is 10.7. The van der Waals surface area contributed by atoms with Gasteiger partial charge in [-0.05, 0) is 31.5 Å². The van der Waals surface area contributed by atoms with E-state index in [0.717, 1.165) is 24.2 Å². The third kappa shape index (κ3) is 4.15. The smallest absolute Gasteiger partial charge is 0.258 e. The minimum atomic E-state index is -0.0544. The van der Waals surface area contributed by atoms with E-state index in [1.165, 1.54) is 12.8 Å². The number of hydrogen-bond donors (Lipinski definition) is 1. The van der Waals surface area contributed by atoms with Crippen molar-refractivity contribution in [2.45, 2.75) is 39.7 Å². The van der Waals surface area contributed by atoms with Crippen molar-refractivity contribution in [1.82, 2.24) is 14.3 Å². The van der Waals surface area contributed by atoms with Crippen LogP contribution in [0.3, 0.4) is 0 Å². The maximum atomic E-state index is 12.2. The van der Waals surface area contributed by atoms with Gasteiger partial charge in [0.15, 0.2) is 0 Å². The predicted molar refractivity (Wildman–Crippen MR) is 88.1 cm³/mol. The Kier molecular flexibility index (Phi) is 6.10. The molecule has 120 valence electrons. The van der Waals surface area contributed by atoms with Gasteiger partial charge in [-0.1, -0.05) is 25.8 Å². The lowest BCUT2D eigenvalue weighted by molar-refractivity contribution is 0.186. The van der Waals surface area contributed by atoms with E-state index in [4.69, 9.17) is 0 Å². The minimum Gasteiger partial charge on any atom is -0.395 e. The molecule has 0 unspecified atom stereocenters. The van der Waals surface area contributed by atoms with E-state index in [9.17, 15) is 9.90 Å². The van der Waals surface area contributed by atoms with Gasteiger partial charge in [0.25, 0.3) is 5.56 Å². The van der Waals surface area contributed by atoms with Crippen LogP contribution in [0.2, 0.25) is 0 Å². The van der Waals surface area contributed by atoms with Crippen LogP contribution >= 0.6 is 0 Å². The normalized spacial score (nSPS) is 11.5. The largest absolute Gasteiger partial charge is 0.395 e. The molecule has 0 atom stereocenters. The molecule has 0 aliphatic rings. The van der Waals surface area contributed by atoms with E-state index in [2.05, 4.69) is 16.8 Å².